The van der Waals surface area contributed by atoms with Crippen LogP contribution in [0.1, 0.15) is 5.56 Å². The van der Waals surface area contributed by atoms with Gasteiger partial charge < -0.3 is 15.1 Å². The minimum Gasteiger partial charge on any atom is -0.358 e. The maximum atomic E-state index is 12.1. The maximum Gasteiger partial charge on any atom is 0.277 e. The van der Waals surface area contributed by atoms with Gasteiger partial charge in [0.25, 0.3) is 5.91 Å². The molecule has 0 saturated carbocycles. The highest BCUT2D eigenvalue weighted by Crippen LogP contribution is 2.14. The van der Waals surface area contributed by atoms with E-state index in [1.54, 1.807) is 14.1 Å². The molecule has 0 aromatic heterocycles. The van der Waals surface area contributed by atoms with Crippen LogP contribution in [0.3, 0.4) is 0 Å². The lowest BCUT2D eigenvalue weighted by Crippen LogP contribution is -3.08. The number of hydrogen-bond donors (Lipinski definition) is 2. The van der Waals surface area contributed by atoms with Crippen LogP contribution < -0.4 is 10.2 Å². The second-order valence-corrected chi connectivity index (χ2v) is 5.92. The molecule has 5 heteroatoms. The minimum atomic E-state index is -0.159. The number of quaternary nitrogens is 1. The summed E-state index contributed by atoms with van der Waals surface area (Å²) < 4.78 is 0. The first kappa shape index (κ1) is 17.0. The zero-order valence-electron chi connectivity index (χ0n) is 13.9. The number of rotatable bonds is 6. The second-order valence-electron chi connectivity index (χ2n) is 5.92. The van der Waals surface area contributed by atoms with Gasteiger partial charge in [-0.3, -0.25) is 9.59 Å². The first-order valence-corrected chi connectivity index (χ1v) is 7.73. The molecule has 0 aliphatic rings. The highest BCUT2D eigenvalue weighted by atomic mass is 16.2. The van der Waals surface area contributed by atoms with E-state index in [9.17, 15) is 9.59 Å². The third-order valence-corrected chi connectivity index (χ3v) is 3.86. The van der Waals surface area contributed by atoms with Gasteiger partial charge in [0.1, 0.15) is 6.54 Å². The average molecular weight is 314 g/mol. The molecule has 2 aromatic rings. The maximum absolute atomic E-state index is 12.1. The summed E-state index contributed by atoms with van der Waals surface area (Å²) in [6.07, 6.45) is 0. The van der Waals surface area contributed by atoms with Crippen LogP contribution in [-0.4, -0.2) is 50.9 Å². The first-order chi connectivity index (χ1) is 11.0. The summed E-state index contributed by atoms with van der Waals surface area (Å²) in [5.41, 5.74) is 1.20. The number of likely N-dealkylation sites (N-methyl/N-ethyl adjacent to an activating group) is 3. The Bertz CT molecular complexity index is 699. The van der Waals surface area contributed by atoms with Crippen LogP contribution in [0.4, 0.5) is 0 Å². The van der Waals surface area contributed by atoms with Crippen molar-refractivity contribution in [3.8, 4) is 0 Å². The van der Waals surface area contributed by atoms with Gasteiger partial charge in [-0.25, -0.2) is 0 Å². The molecule has 23 heavy (non-hydrogen) atoms. The number of carbonyl (C=O) groups is 2. The number of benzene rings is 2. The number of fused-ring (bicyclic) bond motifs is 1. The van der Waals surface area contributed by atoms with Crippen LogP contribution in [0.15, 0.2) is 42.5 Å². The fourth-order valence-corrected chi connectivity index (χ4v) is 2.54. The Morgan fingerprint density at radius 2 is 1.83 bits per heavy atom. The van der Waals surface area contributed by atoms with Gasteiger partial charge in [-0.05, 0) is 16.8 Å². The van der Waals surface area contributed by atoms with Crippen LogP contribution >= 0.6 is 0 Å². The normalized spacial score (nSPS) is 12.0. The summed E-state index contributed by atoms with van der Waals surface area (Å²) in [5, 5.41) is 4.95. The molecule has 0 aliphatic heterocycles. The molecule has 5 nitrogen and oxygen atoms in total. The van der Waals surface area contributed by atoms with Crippen LogP contribution in [0.25, 0.3) is 10.8 Å². The van der Waals surface area contributed by atoms with Gasteiger partial charge in [0, 0.05) is 19.7 Å². The molecule has 0 spiro atoms. The summed E-state index contributed by atoms with van der Waals surface area (Å²) in [5.74, 6) is -0.195. The largest absolute Gasteiger partial charge is 0.358 e. The van der Waals surface area contributed by atoms with E-state index in [0.29, 0.717) is 6.54 Å². The SMILES string of the molecule is CNC(=O)CN(C)C(=O)C[NH+](C)Cc1ccc2ccccc2c1. The summed E-state index contributed by atoms with van der Waals surface area (Å²) >= 11 is 0. The quantitative estimate of drug-likeness (QED) is 0.792. The van der Waals surface area contributed by atoms with Crippen LogP contribution in [-0.2, 0) is 16.1 Å². The van der Waals surface area contributed by atoms with E-state index < -0.39 is 0 Å². The summed E-state index contributed by atoms with van der Waals surface area (Å²) in [6, 6.07) is 14.6. The second kappa shape index (κ2) is 7.74. The van der Waals surface area contributed by atoms with Crippen LogP contribution in [0, 0.1) is 0 Å². The van der Waals surface area contributed by atoms with Crippen molar-refractivity contribution < 1.29 is 14.5 Å². The number of amides is 2. The molecule has 1 atom stereocenters. The van der Waals surface area contributed by atoms with E-state index in [2.05, 4.69) is 35.6 Å². The molecule has 0 fully saturated rings. The number of carbonyl (C=O) groups excluding carboxylic acids is 2. The third kappa shape index (κ3) is 4.79. The highest BCUT2D eigenvalue weighted by Gasteiger charge is 2.16. The fraction of sp³-hybridized carbons (Fsp3) is 0.333. The van der Waals surface area contributed by atoms with Gasteiger partial charge in [-0.1, -0.05) is 36.4 Å². The Morgan fingerprint density at radius 1 is 1.13 bits per heavy atom. The predicted molar refractivity (Wildman–Crippen MR) is 91.1 cm³/mol. The smallest absolute Gasteiger partial charge is 0.277 e. The molecule has 0 saturated heterocycles. The molecule has 2 aromatic carbocycles. The Kier molecular flexibility index (Phi) is 5.71. The van der Waals surface area contributed by atoms with E-state index in [4.69, 9.17) is 0 Å². The zero-order valence-corrected chi connectivity index (χ0v) is 13.9. The molecule has 2 amide bonds. The van der Waals surface area contributed by atoms with E-state index in [-0.39, 0.29) is 18.4 Å². The topological polar surface area (TPSA) is 53.9 Å². The van der Waals surface area contributed by atoms with Gasteiger partial charge in [0.15, 0.2) is 6.54 Å². The molecule has 0 radical (unpaired) electrons. The monoisotopic (exact) mass is 314 g/mol. The number of hydrogen-bond acceptors (Lipinski definition) is 2. The standard InChI is InChI=1S/C18H23N3O2/c1-19-17(22)12-21(3)18(23)13-20(2)11-14-8-9-15-6-4-5-7-16(15)10-14/h4-10H,11-13H2,1-3H3,(H,19,22)/p+1. The van der Waals surface area contributed by atoms with Gasteiger partial charge in [-0.2, -0.15) is 0 Å². The Balaban J connectivity index is 1.93. The number of nitrogens with zero attached hydrogens (tertiary/aromatic N) is 1. The third-order valence-electron chi connectivity index (χ3n) is 3.86. The average Bonchev–Trinajstić information content (AvgIpc) is 2.54. The molecule has 0 aliphatic carbocycles. The summed E-state index contributed by atoms with van der Waals surface area (Å²) in [6.45, 7) is 1.23. The summed E-state index contributed by atoms with van der Waals surface area (Å²) in [4.78, 5) is 26.0. The fourth-order valence-electron chi connectivity index (χ4n) is 2.54. The highest BCUT2D eigenvalue weighted by molar-refractivity contribution is 5.85. The Hall–Kier alpha value is -2.40. The van der Waals surface area contributed by atoms with Crippen molar-refractivity contribution in [3.05, 3.63) is 48.0 Å². The van der Waals surface area contributed by atoms with E-state index in [0.717, 1.165) is 11.4 Å². The van der Waals surface area contributed by atoms with Crippen LogP contribution in [0.2, 0.25) is 0 Å². The molecular formula is C18H24N3O2+. The van der Waals surface area contributed by atoms with E-state index >= 15 is 0 Å². The molecule has 2 N–H and O–H groups in total. The predicted octanol–water partition coefficient (Wildman–Crippen LogP) is 0.0589. The minimum absolute atomic E-state index is 0.0353. The summed E-state index contributed by atoms with van der Waals surface area (Å²) in [7, 11) is 5.21. The molecule has 122 valence electrons. The van der Waals surface area contributed by atoms with Crippen molar-refractivity contribution in [2.45, 2.75) is 6.54 Å². The number of nitrogens with one attached hydrogen (secondary N) is 2. The lowest BCUT2D eigenvalue weighted by molar-refractivity contribution is -0.885. The van der Waals surface area contributed by atoms with Crippen molar-refractivity contribution in [2.24, 2.45) is 0 Å². The zero-order chi connectivity index (χ0) is 16.8. The molecule has 2 rings (SSSR count). The van der Waals surface area contributed by atoms with E-state index in [1.807, 2.05) is 19.2 Å². The van der Waals surface area contributed by atoms with Crippen molar-refractivity contribution in [3.63, 3.8) is 0 Å². The molecule has 0 bridgehead atoms. The van der Waals surface area contributed by atoms with Crippen molar-refractivity contribution in [2.75, 3.05) is 34.2 Å². The van der Waals surface area contributed by atoms with Gasteiger partial charge >= 0.3 is 0 Å². The van der Waals surface area contributed by atoms with Gasteiger partial charge in [0.2, 0.25) is 5.91 Å². The van der Waals surface area contributed by atoms with Crippen molar-refractivity contribution in [1.82, 2.24) is 10.2 Å². The van der Waals surface area contributed by atoms with Crippen molar-refractivity contribution >= 4 is 22.6 Å². The molecule has 1 unspecified atom stereocenters. The molecule has 0 heterocycles. The lowest BCUT2D eigenvalue weighted by atomic mass is 10.1. The Morgan fingerprint density at radius 3 is 2.52 bits per heavy atom. The lowest BCUT2D eigenvalue weighted by Gasteiger charge is -2.19. The van der Waals surface area contributed by atoms with Crippen molar-refractivity contribution in [1.29, 1.82) is 0 Å². The van der Waals surface area contributed by atoms with Gasteiger partial charge in [-0.15, -0.1) is 0 Å². The molecular weight excluding hydrogens is 290 g/mol. The van der Waals surface area contributed by atoms with Crippen LogP contribution in [0.5, 0.6) is 0 Å². The Labute approximate surface area is 136 Å². The first-order valence-electron chi connectivity index (χ1n) is 7.73. The van der Waals surface area contributed by atoms with E-state index in [1.165, 1.54) is 21.2 Å². The van der Waals surface area contributed by atoms with Gasteiger partial charge in [0.05, 0.1) is 13.6 Å².